The highest BCUT2D eigenvalue weighted by Crippen LogP contribution is 2.24. The van der Waals surface area contributed by atoms with Gasteiger partial charge in [0.05, 0.1) is 26.5 Å². The molecule has 2 amide bonds. The minimum Gasteiger partial charge on any atom is -0.496 e. The van der Waals surface area contributed by atoms with Crippen molar-refractivity contribution in [1.82, 2.24) is 15.2 Å². The molecular formula is C20H27N3O3. The Morgan fingerprint density at radius 2 is 1.88 bits per heavy atom. The van der Waals surface area contributed by atoms with E-state index in [-0.39, 0.29) is 6.03 Å². The van der Waals surface area contributed by atoms with Crippen LogP contribution in [-0.2, 0) is 13.1 Å². The molecular weight excluding hydrogens is 330 g/mol. The zero-order valence-corrected chi connectivity index (χ0v) is 16.3. The van der Waals surface area contributed by atoms with Crippen molar-refractivity contribution in [1.29, 1.82) is 0 Å². The Hall–Kier alpha value is -2.76. The molecule has 1 aromatic heterocycles. The first-order valence-corrected chi connectivity index (χ1v) is 8.49. The van der Waals surface area contributed by atoms with Gasteiger partial charge in [-0.2, -0.15) is 0 Å². The molecule has 2 aromatic rings. The minimum absolute atomic E-state index is 0.154. The van der Waals surface area contributed by atoms with Crippen molar-refractivity contribution in [3.05, 3.63) is 52.3 Å². The van der Waals surface area contributed by atoms with Crippen molar-refractivity contribution in [2.75, 3.05) is 21.3 Å². The van der Waals surface area contributed by atoms with Gasteiger partial charge in [0.1, 0.15) is 11.5 Å². The average molecular weight is 357 g/mol. The van der Waals surface area contributed by atoms with E-state index in [2.05, 4.69) is 10.3 Å². The first-order chi connectivity index (χ1) is 12.4. The summed E-state index contributed by atoms with van der Waals surface area (Å²) in [6, 6.07) is 5.76. The number of aryl methyl sites for hydroxylation is 2. The summed E-state index contributed by atoms with van der Waals surface area (Å²) in [6.07, 6.45) is 1.76. The topological polar surface area (TPSA) is 63.7 Å². The maximum atomic E-state index is 12.4. The zero-order valence-electron chi connectivity index (χ0n) is 16.3. The first-order valence-electron chi connectivity index (χ1n) is 8.49. The number of methoxy groups -OCH3 is 2. The van der Waals surface area contributed by atoms with Gasteiger partial charge in [0.25, 0.3) is 0 Å². The quantitative estimate of drug-likeness (QED) is 0.861. The lowest BCUT2D eigenvalue weighted by molar-refractivity contribution is 0.206. The molecule has 6 heteroatoms. The lowest BCUT2D eigenvalue weighted by Crippen LogP contribution is -2.36. The van der Waals surface area contributed by atoms with Crippen LogP contribution in [-0.4, -0.2) is 37.2 Å². The maximum absolute atomic E-state index is 12.4. The van der Waals surface area contributed by atoms with Crippen molar-refractivity contribution in [2.45, 2.75) is 33.9 Å². The summed E-state index contributed by atoms with van der Waals surface area (Å²) in [6.45, 7) is 6.76. The number of ether oxygens (including phenoxy) is 2. The molecule has 1 heterocycles. The van der Waals surface area contributed by atoms with Crippen LogP contribution in [0.4, 0.5) is 4.79 Å². The normalized spacial score (nSPS) is 10.4. The number of benzene rings is 1. The first kappa shape index (κ1) is 19.6. The Morgan fingerprint density at radius 1 is 1.15 bits per heavy atom. The molecule has 0 aliphatic carbocycles. The predicted molar refractivity (Wildman–Crippen MR) is 102 cm³/mol. The third-order valence-corrected chi connectivity index (χ3v) is 4.38. The van der Waals surface area contributed by atoms with Crippen LogP contribution < -0.4 is 14.8 Å². The summed E-state index contributed by atoms with van der Waals surface area (Å²) < 4.78 is 10.7. The van der Waals surface area contributed by atoms with Crippen molar-refractivity contribution >= 4 is 6.03 Å². The van der Waals surface area contributed by atoms with E-state index < -0.39 is 0 Å². The molecule has 0 radical (unpaired) electrons. The van der Waals surface area contributed by atoms with Crippen LogP contribution in [0.3, 0.4) is 0 Å². The molecule has 0 saturated heterocycles. The number of amides is 2. The number of nitrogens with zero attached hydrogens (tertiary/aromatic N) is 2. The zero-order chi connectivity index (χ0) is 19.3. The number of urea groups is 1. The fourth-order valence-electron chi connectivity index (χ4n) is 2.93. The highest BCUT2D eigenvalue weighted by Gasteiger charge is 2.13. The van der Waals surface area contributed by atoms with Gasteiger partial charge < -0.3 is 19.7 Å². The smallest absolute Gasteiger partial charge is 0.317 e. The van der Waals surface area contributed by atoms with Crippen molar-refractivity contribution < 1.29 is 14.3 Å². The largest absolute Gasteiger partial charge is 0.496 e. The lowest BCUT2D eigenvalue weighted by atomic mass is 10.1. The van der Waals surface area contributed by atoms with E-state index in [0.29, 0.717) is 13.1 Å². The monoisotopic (exact) mass is 357 g/mol. The molecule has 6 nitrogen and oxygen atoms in total. The van der Waals surface area contributed by atoms with Gasteiger partial charge in [-0.05, 0) is 38.0 Å². The van der Waals surface area contributed by atoms with Crippen LogP contribution in [0, 0.1) is 20.8 Å². The maximum Gasteiger partial charge on any atom is 0.317 e. The van der Waals surface area contributed by atoms with E-state index in [1.54, 1.807) is 32.4 Å². The SMILES string of the molecule is COc1ccc(CN(C)C(=O)NCc2ncc(C)c(OC)c2C)cc1C. The van der Waals surface area contributed by atoms with E-state index in [1.807, 2.05) is 39.0 Å². The van der Waals surface area contributed by atoms with Gasteiger partial charge in [0, 0.05) is 30.9 Å². The van der Waals surface area contributed by atoms with Gasteiger partial charge in [-0.15, -0.1) is 0 Å². The van der Waals surface area contributed by atoms with E-state index in [4.69, 9.17) is 9.47 Å². The summed E-state index contributed by atoms with van der Waals surface area (Å²) in [4.78, 5) is 18.4. The summed E-state index contributed by atoms with van der Waals surface area (Å²) in [5, 5.41) is 2.91. The number of carbonyl (C=O) groups is 1. The summed E-state index contributed by atoms with van der Waals surface area (Å²) in [5.74, 6) is 1.65. The van der Waals surface area contributed by atoms with Crippen LogP contribution in [0.5, 0.6) is 11.5 Å². The van der Waals surface area contributed by atoms with Gasteiger partial charge in [-0.25, -0.2) is 4.79 Å². The summed E-state index contributed by atoms with van der Waals surface area (Å²) in [5.41, 5.74) is 4.82. The molecule has 0 saturated carbocycles. The standard InChI is InChI=1S/C20H27N3O3/c1-13-9-16(7-8-18(13)25-5)12-23(4)20(24)22-11-17-15(3)19(26-6)14(2)10-21-17/h7-10H,11-12H2,1-6H3,(H,22,24). The molecule has 26 heavy (non-hydrogen) atoms. The molecule has 1 N–H and O–H groups in total. The Bertz CT molecular complexity index is 790. The van der Waals surface area contributed by atoms with E-state index in [0.717, 1.165) is 39.4 Å². The molecule has 0 bridgehead atoms. The van der Waals surface area contributed by atoms with Crippen LogP contribution in [0.2, 0.25) is 0 Å². The third kappa shape index (κ3) is 4.45. The molecule has 140 valence electrons. The Kier molecular flexibility index (Phi) is 6.44. The fraction of sp³-hybridized carbons (Fsp3) is 0.400. The lowest BCUT2D eigenvalue weighted by Gasteiger charge is -2.19. The number of rotatable bonds is 6. The highest BCUT2D eigenvalue weighted by molar-refractivity contribution is 5.73. The van der Waals surface area contributed by atoms with Crippen molar-refractivity contribution in [3.8, 4) is 11.5 Å². The molecule has 0 aliphatic rings. The molecule has 2 rings (SSSR count). The summed E-state index contributed by atoms with van der Waals surface area (Å²) in [7, 11) is 5.06. The van der Waals surface area contributed by atoms with Gasteiger partial charge in [0.15, 0.2) is 0 Å². The van der Waals surface area contributed by atoms with Crippen LogP contribution in [0.25, 0.3) is 0 Å². The van der Waals surface area contributed by atoms with Gasteiger partial charge in [-0.1, -0.05) is 12.1 Å². The fourth-order valence-corrected chi connectivity index (χ4v) is 2.93. The van der Waals surface area contributed by atoms with Crippen LogP contribution in [0.15, 0.2) is 24.4 Å². The van der Waals surface area contributed by atoms with Crippen LogP contribution >= 0.6 is 0 Å². The number of hydrogen-bond donors (Lipinski definition) is 1. The number of nitrogens with one attached hydrogen (secondary N) is 1. The molecule has 0 aliphatic heterocycles. The average Bonchev–Trinajstić information content (AvgIpc) is 2.61. The molecule has 0 fully saturated rings. The van der Waals surface area contributed by atoms with Gasteiger partial charge in [0.2, 0.25) is 0 Å². The van der Waals surface area contributed by atoms with Gasteiger partial charge in [-0.3, -0.25) is 4.98 Å². The van der Waals surface area contributed by atoms with Crippen molar-refractivity contribution in [3.63, 3.8) is 0 Å². The summed E-state index contributed by atoms with van der Waals surface area (Å²) >= 11 is 0. The molecule has 0 spiro atoms. The Balaban J connectivity index is 1.98. The second kappa shape index (κ2) is 8.56. The number of hydrogen-bond acceptors (Lipinski definition) is 4. The van der Waals surface area contributed by atoms with Gasteiger partial charge >= 0.3 is 6.03 Å². The molecule has 1 aromatic carbocycles. The highest BCUT2D eigenvalue weighted by atomic mass is 16.5. The van der Waals surface area contributed by atoms with E-state index >= 15 is 0 Å². The molecule has 0 unspecified atom stereocenters. The third-order valence-electron chi connectivity index (χ3n) is 4.38. The Labute approximate surface area is 155 Å². The second-order valence-corrected chi connectivity index (χ2v) is 6.36. The predicted octanol–water partition coefficient (Wildman–Crippen LogP) is 3.37. The van der Waals surface area contributed by atoms with E-state index in [9.17, 15) is 4.79 Å². The Morgan fingerprint density at radius 3 is 2.50 bits per heavy atom. The number of aromatic nitrogens is 1. The number of pyridine rings is 1. The van der Waals surface area contributed by atoms with Crippen LogP contribution in [0.1, 0.15) is 27.9 Å². The second-order valence-electron chi connectivity index (χ2n) is 6.36. The van der Waals surface area contributed by atoms with Crippen molar-refractivity contribution in [2.24, 2.45) is 0 Å². The van der Waals surface area contributed by atoms with E-state index in [1.165, 1.54) is 0 Å². The molecule has 0 atom stereocenters. The number of carbonyl (C=O) groups excluding carboxylic acids is 1. The minimum atomic E-state index is -0.154.